The van der Waals surface area contributed by atoms with Gasteiger partial charge in [0.25, 0.3) is 0 Å². The summed E-state index contributed by atoms with van der Waals surface area (Å²) in [6.45, 7) is 3.16. The molecule has 0 heterocycles. The van der Waals surface area contributed by atoms with Gasteiger partial charge in [0.2, 0.25) is 0 Å². The molecule has 1 N–H and O–H groups in total. The van der Waals surface area contributed by atoms with E-state index in [-0.39, 0.29) is 4.47 Å². The van der Waals surface area contributed by atoms with E-state index < -0.39 is 24.9 Å². The Kier molecular flexibility index (Phi) is 6.35. The number of hydrogen-bond donors (Lipinski definition) is 1. The van der Waals surface area contributed by atoms with Crippen LogP contribution >= 0.6 is 39.5 Å². The largest absolute Gasteiger partial charge is 0.402 e. The molecular formula is C12H15Br2F2O3P. The summed E-state index contributed by atoms with van der Waals surface area (Å²) in [4.78, 5) is 9.64. The van der Waals surface area contributed by atoms with Gasteiger partial charge in [0.1, 0.15) is 0 Å². The normalized spacial score (nSPS) is 16.8. The fraction of sp³-hybridized carbons (Fsp3) is 0.500. The van der Waals surface area contributed by atoms with E-state index in [1.807, 2.05) is 0 Å². The predicted octanol–water partition coefficient (Wildman–Crippen LogP) is 5.39. The molecule has 1 aromatic rings. The molecule has 0 aromatic heterocycles. The van der Waals surface area contributed by atoms with Crippen LogP contribution in [0.5, 0.6) is 0 Å². The van der Waals surface area contributed by atoms with Crippen molar-refractivity contribution in [1.29, 1.82) is 0 Å². The predicted molar refractivity (Wildman–Crippen MR) is 81.3 cm³/mol. The van der Waals surface area contributed by atoms with Crippen molar-refractivity contribution < 1.29 is 22.8 Å². The summed E-state index contributed by atoms with van der Waals surface area (Å²) < 4.78 is 45.3. The molecule has 0 aliphatic rings. The minimum atomic E-state index is -5.13. The minimum absolute atomic E-state index is 0.0641. The Morgan fingerprint density at radius 1 is 1.50 bits per heavy atom. The Morgan fingerprint density at radius 2 is 2.10 bits per heavy atom. The zero-order valence-corrected chi connectivity index (χ0v) is 15.0. The first-order valence-electron chi connectivity index (χ1n) is 5.89. The molecule has 1 aromatic carbocycles. The van der Waals surface area contributed by atoms with E-state index in [4.69, 9.17) is 0 Å². The van der Waals surface area contributed by atoms with Gasteiger partial charge in [-0.05, 0) is 31.0 Å². The summed E-state index contributed by atoms with van der Waals surface area (Å²) in [5.74, 6) is 0. The number of halogens is 4. The van der Waals surface area contributed by atoms with Crippen molar-refractivity contribution in [3.63, 3.8) is 0 Å². The molecule has 0 spiro atoms. The Morgan fingerprint density at radius 3 is 2.60 bits per heavy atom. The Labute approximate surface area is 133 Å². The van der Waals surface area contributed by atoms with Crippen LogP contribution in [-0.4, -0.2) is 11.0 Å². The fourth-order valence-electron chi connectivity index (χ4n) is 1.42. The lowest BCUT2D eigenvalue weighted by Gasteiger charge is -2.25. The van der Waals surface area contributed by atoms with Gasteiger partial charge in [0, 0.05) is 15.4 Å². The van der Waals surface area contributed by atoms with Gasteiger partial charge in [0.05, 0.1) is 6.10 Å². The highest BCUT2D eigenvalue weighted by Gasteiger charge is 2.54. The number of benzene rings is 1. The minimum Gasteiger partial charge on any atom is -0.320 e. The van der Waals surface area contributed by atoms with Gasteiger partial charge in [-0.2, -0.15) is 8.78 Å². The lowest BCUT2D eigenvalue weighted by Crippen LogP contribution is -2.19. The number of alkyl halides is 3. The van der Waals surface area contributed by atoms with Crippen molar-refractivity contribution in [2.45, 2.75) is 37.4 Å². The molecule has 0 bridgehead atoms. The molecule has 8 heteroatoms. The SMILES string of the molecule is CCC(C)OP(=O)(O)C(F)(F)c1cc(CBr)ccc1Br. The van der Waals surface area contributed by atoms with Crippen molar-refractivity contribution >= 4 is 39.5 Å². The number of rotatable bonds is 6. The molecule has 0 saturated carbocycles. The maximum absolute atomic E-state index is 14.3. The first-order chi connectivity index (χ1) is 9.15. The van der Waals surface area contributed by atoms with Crippen LogP contribution in [-0.2, 0) is 20.1 Å². The summed E-state index contributed by atoms with van der Waals surface area (Å²) in [6, 6.07) is 4.24. The van der Waals surface area contributed by atoms with Gasteiger partial charge in [0.15, 0.2) is 0 Å². The van der Waals surface area contributed by atoms with E-state index in [1.54, 1.807) is 13.0 Å². The topological polar surface area (TPSA) is 46.5 Å². The maximum Gasteiger partial charge on any atom is 0.402 e. The molecule has 0 fully saturated rings. The molecule has 2 atom stereocenters. The average molecular weight is 436 g/mol. The summed E-state index contributed by atoms with van der Waals surface area (Å²) in [6.07, 6.45) is -0.363. The highest BCUT2D eigenvalue weighted by atomic mass is 79.9. The van der Waals surface area contributed by atoms with Gasteiger partial charge < -0.3 is 9.42 Å². The molecule has 0 radical (unpaired) electrons. The molecule has 0 aliphatic carbocycles. The van der Waals surface area contributed by atoms with E-state index >= 15 is 0 Å². The standard InChI is InChI=1S/C12H15Br2F2O3P/c1-3-8(2)19-20(17,18)12(15,16)10-6-9(7-13)4-5-11(10)14/h4-6,8H,3,7H2,1-2H3,(H,17,18). The third kappa shape index (κ3) is 3.89. The molecule has 20 heavy (non-hydrogen) atoms. The zero-order valence-electron chi connectivity index (χ0n) is 10.9. The van der Waals surface area contributed by atoms with Gasteiger partial charge in [-0.25, -0.2) is 0 Å². The molecule has 2 unspecified atom stereocenters. The molecule has 0 saturated heterocycles. The first kappa shape index (κ1) is 18.2. The number of hydrogen-bond acceptors (Lipinski definition) is 2. The third-order valence-corrected chi connectivity index (χ3v) is 5.70. The van der Waals surface area contributed by atoms with Crippen LogP contribution in [0, 0.1) is 0 Å². The van der Waals surface area contributed by atoms with Crippen LogP contribution in [0.25, 0.3) is 0 Å². The average Bonchev–Trinajstić information content (AvgIpc) is 2.38. The van der Waals surface area contributed by atoms with E-state index in [0.717, 1.165) is 0 Å². The summed E-state index contributed by atoms with van der Waals surface area (Å²) in [5, 5.41) is 0.366. The van der Waals surface area contributed by atoms with Crippen molar-refractivity contribution in [3.8, 4) is 0 Å². The van der Waals surface area contributed by atoms with Crippen molar-refractivity contribution in [1.82, 2.24) is 0 Å². The molecule has 0 amide bonds. The Balaban J connectivity index is 3.24. The zero-order chi connectivity index (χ0) is 15.6. The second-order valence-corrected chi connectivity index (χ2v) is 7.56. The Hall–Kier alpha value is 0.190. The van der Waals surface area contributed by atoms with Gasteiger partial charge in [-0.1, -0.05) is 44.8 Å². The molecule has 0 aliphatic heterocycles. The lowest BCUT2D eigenvalue weighted by molar-refractivity contribution is 0.0340. The van der Waals surface area contributed by atoms with E-state index in [1.165, 1.54) is 19.1 Å². The van der Waals surface area contributed by atoms with Crippen LogP contribution in [0.2, 0.25) is 0 Å². The highest BCUT2D eigenvalue weighted by molar-refractivity contribution is 9.10. The van der Waals surface area contributed by atoms with Gasteiger partial charge in [-0.15, -0.1) is 0 Å². The molecular weight excluding hydrogens is 421 g/mol. The second kappa shape index (κ2) is 6.97. The smallest absolute Gasteiger partial charge is 0.320 e. The monoisotopic (exact) mass is 434 g/mol. The van der Waals surface area contributed by atoms with Crippen LogP contribution in [0.4, 0.5) is 8.78 Å². The van der Waals surface area contributed by atoms with E-state index in [0.29, 0.717) is 17.3 Å². The van der Waals surface area contributed by atoms with E-state index in [2.05, 4.69) is 36.4 Å². The summed E-state index contributed by atoms with van der Waals surface area (Å²) in [5.41, 5.74) is -3.96. The van der Waals surface area contributed by atoms with Crippen molar-refractivity contribution in [2.24, 2.45) is 0 Å². The fourth-order valence-corrected chi connectivity index (χ4v) is 3.68. The van der Waals surface area contributed by atoms with Gasteiger partial charge >= 0.3 is 13.3 Å². The quantitative estimate of drug-likeness (QED) is 0.481. The van der Waals surface area contributed by atoms with Gasteiger partial charge in [-0.3, -0.25) is 4.57 Å². The molecule has 1 rings (SSSR count). The summed E-state index contributed by atoms with van der Waals surface area (Å²) >= 11 is 6.15. The molecule has 3 nitrogen and oxygen atoms in total. The third-order valence-electron chi connectivity index (χ3n) is 2.76. The van der Waals surface area contributed by atoms with Crippen LogP contribution in [0.15, 0.2) is 22.7 Å². The Bertz CT molecular complexity index is 525. The van der Waals surface area contributed by atoms with Crippen LogP contribution in [0.1, 0.15) is 31.4 Å². The lowest BCUT2D eigenvalue weighted by atomic mass is 10.1. The highest BCUT2D eigenvalue weighted by Crippen LogP contribution is 2.64. The molecule has 114 valence electrons. The van der Waals surface area contributed by atoms with E-state index in [9.17, 15) is 18.2 Å². The van der Waals surface area contributed by atoms with Crippen molar-refractivity contribution in [3.05, 3.63) is 33.8 Å². The first-order valence-corrected chi connectivity index (χ1v) is 9.38. The van der Waals surface area contributed by atoms with Crippen LogP contribution in [0.3, 0.4) is 0 Å². The van der Waals surface area contributed by atoms with Crippen LogP contribution < -0.4 is 0 Å². The maximum atomic E-state index is 14.3. The second-order valence-electron chi connectivity index (χ2n) is 4.33. The van der Waals surface area contributed by atoms with Crippen molar-refractivity contribution in [2.75, 3.05) is 0 Å². The summed E-state index contributed by atoms with van der Waals surface area (Å²) in [7, 11) is -5.13.